The highest BCUT2D eigenvalue weighted by atomic mass is 19.4. The number of amides is 1. The van der Waals surface area contributed by atoms with Crippen molar-refractivity contribution in [2.24, 2.45) is 0 Å². The minimum atomic E-state index is -4.51. The van der Waals surface area contributed by atoms with E-state index in [2.05, 4.69) is 15.1 Å². The summed E-state index contributed by atoms with van der Waals surface area (Å²) < 4.78 is 57.4. The quantitative estimate of drug-likeness (QED) is 0.377. The van der Waals surface area contributed by atoms with E-state index in [0.29, 0.717) is 28.0 Å². The van der Waals surface area contributed by atoms with E-state index in [1.54, 1.807) is 10.7 Å². The zero-order chi connectivity index (χ0) is 26.6. The number of hydrogen-bond donors (Lipinski definition) is 1. The van der Waals surface area contributed by atoms with Crippen LogP contribution in [-0.4, -0.2) is 32.2 Å². The summed E-state index contributed by atoms with van der Waals surface area (Å²) in [6, 6.07) is 6.90. The van der Waals surface area contributed by atoms with Gasteiger partial charge in [0, 0.05) is 29.4 Å². The van der Waals surface area contributed by atoms with Crippen LogP contribution >= 0.6 is 0 Å². The number of nitrogen functional groups attached to an aromatic ring is 1. The van der Waals surface area contributed by atoms with Gasteiger partial charge in [-0.25, -0.2) is 19.0 Å². The summed E-state index contributed by atoms with van der Waals surface area (Å²) >= 11 is 0. The molecule has 0 saturated carbocycles. The summed E-state index contributed by atoms with van der Waals surface area (Å²) in [6.07, 6.45) is -3.15. The van der Waals surface area contributed by atoms with Gasteiger partial charge in [0.1, 0.15) is 23.7 Å². The van der Waals surface area contributed by atoms with Crippen LogP contribution in [0.1, 0.15) is 42.1 Å². The lowest BCUT2D eigenvalue weighted by Crippen LogP contribution is -2.30. The Morgan fingerprint density at radius 1 is 1.16 bits per heavy atom. The van der Waals surface area contributed by atoms with Gasteiger partial charge in [-0.15, -0.1) is 0 Å². The molecule has 0 saturated heterocycles. The zero-order valence-corrected chi connectivity index (χ0v) is 20.4. The van der Waals surface area contributed by atoms with E-state index in [0.717, 1.165) is 6.07 Å². The second-order valence-corrected chi connectivity index (χ2v) is 9.33. The standard InChI is InChI=1S/C26H24F4N6O/c1-13(2)36-25-21(24(31)32-12-33-25)23(34-36)17-7-8-19-16(22(17)27)9-10-35(19)20(37)11-15-5-4-6-18(14(15)3)26(28,29)30/h4-8,12-13H,9-11H2,1-3H3,(H2,31,32,33). The number of benzene rings is 2. The average Bonchev–Trinajstić information content (AvgIpc) is 3.43. The molecule has 0 radical (unpaired) electrons. The summed E-state index contributed by atoms with van der Waals surface area (Å²) in [6.45, 7) is 5.41. The lowest BCUT2D eigenvalue weighted by molar-refractivity contribution is -0.138. The number of fused-ring (bicyclic) bond motifs is 2. The Hall–Kier alpha value is -4.02. The fourth-order valence-electron chi connectivity index (χ4n) is 4.87. The third-order valence-electron chi connectivity index (χ3n) is 6.75. The lowest BCUT2D eigenvalue weighted by Gasteiger charge is -2.19. The number of carbonyl (C=O) groups excluding carboxylic acids is 1. The Kier molecular flexibility index (Phi) is 5.88. The normalized spacial score (nSPS) is 13.6. The van der Waals surface area contributed by atoms with Gasteiger partial charge >= 0.3 is 6.18 Å². The van der Waals surface area contributed by atoms with Gasteiger partial charge in [-0.2, -0.15) is 18.3 Å². The molecule has 37 heavy (non-hydrogen) atoms. The average molecular weight is 513 g/mol. The van der Waals surface area contributed by atoms with Gasteiger partial charge < -0.3 is 10.6 Å². The molecular weight excluding hydrogens is 488 g/mol. The molecule has 0 fully saturated rings. The molecule has 1 aliphatic rings. The van der Waals surface area contributed by atoms with Gasteiger partial charge in [0.25, 0.3) is 0 Å². The first-order valence-corrected chi connectivity index (χ1v) is 11.8. The van der Waals surface area contributed by atoms with Crippen LogP contribution in [0.25, 0.3) is 22.3 Å². The van der Waals surface area contributed by atoms with Crippen LogP contribution in [-0.2, 0) is 23.8 Å². The van der Waals surface area contributed by atoms with Crippen molar-refractivity contribution >= 4 is 28.4 Å². The van der Waals surface area contributed by atoms with Crippen LogP contribution in [0.4, 0.5) is 29.1 Å². The van der Waals surface area contributed by atoms with Crippen molar-refractivity contribution in [3.63, 3.8) is 0 Å². The Labute approximate surface area is 209 Å². The van der Waals surface area contributed by atoms with Crippen LogP contribution in [0.15, 0.2) is 36.7 Å². The van der Waals surface area contributed by atoms with Crippen molar-refractivity contribution in [2.45, 2.75) is 45.8 Å². The van der Waals surface area contributed by atoms with Crippen LogP contribution < -0.4 is 10.6 Å². The molecule has 0 unspecified atom stereocenters. The molecule has 192 valence electrons. The van der Waals surface area contributed by atoms with Crippen molar-refractivity contribution in [3.05, 3.63) is 64.7 Å². The Bertz CT molecular complexity index is 1540. The minimum Gasteiger partial charge on any atom is -0.383 e. The van der Waals surface area contributed by atoms with Crippen LogP contribution in [0.5, 0.6) is 0 Å². The molecule has 0 atom stereocenters. The van der Waals surface area contributed by atoms with Gasteiger partial charge in [-0.3, -0.25) is 4.79 Å². The first-order chi connectivity index (χ1) is 17.5. The maximum absolute atomic E-state index is 15.8. The van der Waals surface area contributed by atoms with Gasteiger partial charge in [0.05, 0.1) is 17.4 Å². The first kappa shape index (κ1) is 24.7. The topological polar surface area (TPSA) is 89.9 Å². The second kappa shape index (κ2) is 8.82. The second-order valence-electron chi connectivity index (χ2n) is 9.33. The van der Waals surface area contributed by atoms with E-state index in [-0.39, 0.29) is 47.9 Å². The van der Waals surface area contributed by atoms with Gasteiger partial charge in [0.2, 0.25) is 5.91 Å². The van der Waals surface area contributed by atoms with Crippen molar-refractivity contribution in [2.75, 3.05) is 17.2 Å². The number of nitrogens with two attached hydrogens (primary N) is 1. The van der Waals surface area contributed by atoms with E-state index in [1.165, 1.54) is 36.4 Å². The monoisotopic (exact) mass is 512 g/mol. The Balaban J connectivity index is 1.50. The fourth-order valence-corrected chi connectivity index (χ4v) is 4.87. The van der Waals surface area contributed by atoms with Crippen LogP contribution in [0.2, 0.25) is 0 Å². The molecule has 1 amide bonds. The summed E-state index contributed by atoms with van der Waals surface area (Å²) in [5, 5.41) is 5.02. The van der Waals surface area contributed by atoms with Crippen molar-refractivity contribution < 1.29 is 22.4 Å². The molecule has 5 rings (SSSR count). The number of carbonyl (C=O) groups is 1. The molecular formula is C26H24F4N6O. The maximum Gasteiger partial charge on any atom is 0.416 e. The van der Waals surface area contributed by atoms with E-state index in [9.17, 15) is 18.0 Å². The van der Waals surface area contributed by atoms with Crippen molar-refractivity contribution in [1.29, 1.82) is 0 Å². The molecule has 7 nitrogen and oxygen atoms in total. The highest BCUT2D eigenvalue weighted by Crippen LogP contribution is 2.39. The number of hydrogen-bond acceptors (Lipinski definition) is 5. The summed E-state index contributed by atoms with van der Waals surface area (Å²) in [5.41, 5.74) is 7.38. The third-order valence-corrected chi connectivity index (χ3v) is 6.75. The predicted octanol–water partition coefficient (Wildman–Crippen LogP) is 5.25. The Morgan fingerprint density at radius 3 is 2.62 bits per heavy atom. The maximum atomic E-state index is 15.8. The van der Waals surface area contributed by atoms with E-state index in [4.69, 9.17) is 5.73 Å². The van der Waals surface area contributed by atoms with Crippen molar-refractivity contribution in [3.8, 4) is 11.3 Å². The molecule has 2 aromatic heterocycles. The number of anilines is 2. The number of halogens is 4. The Morgan fingerprint density at radius 2 is 1.92 bits per heavy atom. The SMILES string of the molecule is Cc1c(CC(=O)N2CCc3c2ccc(-c2nn(C(C)C)c4ncnc(N)c24)c3F)cccc1C(F)(F)F. The number of rotatable bonds is 4. The molecule has 1 aliphatic heterocycles. The predicted molar refractivity (Wildman–Crippen MR) is 131 cm³/mol. The minimum absolute atomic E-state index is 0.0109. The summed E-state index contributed by atoms with van der Waals surface area (Å²) in [7, 11) is 0. The number of alkyl halides is 3. The summed E-state index contributed by atoms with van der Waals surface area (Å²) in [4.78, 5) is 22.9. The van der Waals surface area contributed by atoms with Gasteiger partial charge in [0.15, 0.2) is 5.65 Å². The van der Waals surface area contributed by atoms with Crippen LogP contribution in [0, 0.1) is 12.7 Å². The first-order valence-electron chi connectivity index (χ1n) is 11.8. The van der Waals surface area contributed by atoms with Gasteiger partial charge in [-0.1, -0.05) is 12.1 Å². The van der Waals surface area contributed by atoms with Crippen molar-refractivity contribution in [1.82, 2.24) is 19.7 Å². The summed E-state index contributed by atoms with van der Waals surface area (Å²) in [5.74, 6) is -0.748. The van der Waals surface area contributed by atoms with E-state index >= 15 is 4.39 Å². The number of aromatic nitrogens is 4. The molecule has 11 heteroatoms. The molecule has 0 spiro atoms. The van der Waals surface area contributed by atoms with E-state index in [1.807, 2.05) is 13.8 Å². The molecule has 0 aliphatic carbocycles. The van der Waals surface area contributed by atoms with E-state index < -0.39 is 23.5 Å². The highest BCUT2D eigenvalue weighted by molar-refractivity contribution is 6.00. The smallest absolute Gasteiger partial charge is 0.383 e. The third kappa shape index (κ3) is 4.08. The zero-order valence-electron chi connectivity index (χ0n) is 20.4. The fraction of sp³-hybridized carbons (Fsp3) is 0.308. The highest BCUT2D eigenvalue weighted by Gasteiger charge is 2.34. The molecule has 2 aromatic carbocycles. The molecule has 0 bridgehead atoms. The molecule has 3 heterocycles. The van der Waals surface area contributed by atoms with Crippen LogP contribution in [0.3, 0.4) is 0 Å². The molecule has 4 aromatic rings. The lowest BCUT2D eigenvalue weighted by atomic mass is 9.99. The number of nitrogens with zero attached hydrogens (tertiary/aromatic N) is 5. The molecule has 2 N–H and O–H groups in total. The van der Waals surface area contributed by atoms with Gasteiger partial charge in [-0.05, 0) is 56.5 Å². The largest absolute Gasteiger partial charge is 0.416 e.